The van der Waals surface area contributed by atoms with Gasteiger partial charge in [0.25, 0.3) is 0 Å². The minimum atomic E-state index is -3.15. The summed E-state index contributed by atoms with van der Waals surface area (Å²) >= 11 is 0. The largest absolute Gasteiger partial charge is 0.357 e. The molecule has 0 aliphatic carbocycles. The van der Waals surface area contributed by atoms with Gasteiger partial charge in [0.05, 0.1) is 25.6 Å². The zero-order valence-electron chi connectivity index (χ0n) is 8.76. The Kier molecular flexibility index (Phi) is 7.80. The fraction of sp³-hybridized carbons (Fsp3) is 0.750. The second-order valence-electron chi connectivity index (χ2n) is 2.16. The first-order chi connectivity index (χ1) is 6.68. The topological polar surface area (TPSA) is 54.0 Å². The molecule has 0 radical (unpaired) electrons. The molecule has 0 spiro atoms. The summed E-state index contributed by atoms with van der Waals surface area (Å²) in [6.07, 6.45) is 1.16. The number of hydrogen-bond donors (Lipinski definition) is 0. The van der Waals surface area contributed by atoms with Gasteiger partial charge in [0.15, 0.2) is 0 Å². The molecule has 14 heavy (non-hydrogen) atoms. The van der Waals surface area contributed by atoms with Crippen LogP contribution < -0.4 is 0 Å². The van der Waals surface area contributed by atoms with Gasteiger partial charge >= 0.3 is 7.60 Å². The monoisotopic (exact) mass is 224 g/mol. The van der Waals surface area contributed by atoms with Crippen molar-refractivity contribution in [3.63, 3.8) is 0 Å². The van der Waals surface area contributed by atoms with Crippen LogP contribution in [0, 0.1) is 0 Å². The smallest absolute Gasteiger partial charge is 0.345 e. The van der Waals surface area contributed by atoms with Gasteiger partial charge < -0.3 is 13.9 Å². The van der Waals surface area contributed by atoms with Gasteiger partial charge in [0.2, 0.25) is 0 Å². The molecular weight excluding hydrogens is 207 g/mol. The Labute approximate surface area is 84.5 Å². The van der Waals surface area contributed by atoms with Crippen LogP contribution in [0.15, 0.2) is 12.1 Å². The van der Waals surface area contributed by atoms with E-state index in [-0.39, 0.29) is 0 Å². The zero-order chi connectivity index (χ0) is 10.9. The highest BCUT2D eigenvalue weighted by Crippen LogP contribution is 2.49. The van der Waals surface area contributed by atoms with Crippen molar-refractivity contribution in [2.45, 2.75) is 20.8 Å². The molecule has 0 atom stereocenters. The Balaban J connectivity index is 4.07. The summed E-state index contributed by atoms with van der Waals surface area (Å²) in [5, 5.41) is 0. The molecule has 84 valence electrons. The molecule has 0 heterocycles. The molecule has 0 aliphatic heterocycles. The van der Waals surface area contributed by atoms with Crippen LogP contribution in [-0.4, -0.2) is 19.8 Å². The molecule has 0 aromatic rings. The van der Waals surface area contributed by atoms with Crippen molar-refractivity contribution < 1.29 is 23.4 Å². The molecule has 0 fully saturated rings. The molecule has 0 rings (SSSR count). The van der Waals surface area contributed by atoms with Crippen LogP contribution in [0.2, 0.25) is 0 Å². The van der Waals surface area contributed by atoms with Gasteiger partial charge in [-0.1, -0.05) is 0 Å². The van der Waals surface area contributed by atoms with Gasteiger partial charge in [-0.15, -0.1) is 0 Å². The van der Waals surface area contributed by atoms with Crippen molar-refractivity contribution in [1.29, 1.82) is 0 Å². The second-order valence-corrected chi connectivity index (χ2v) is 4.06. The lowest BCUT2D eigenvalue weighted by molar-refractivity contribution is -0.244. The molecule has 6 heteroatoms. The van der Waals surface area contributed by atoms with E-state index in [1.165, 1.54) is 5.82 Å². The Morgan fingerprint density at radius 3 is 2.07 bits per heavy atom. The third-order valence-electron chi connectivity index (χ3n) is 1.10. The molecule has 0 aliphatic rings. The fourth-order valence-corrected chi connectivity index (χ4v) is 1.86. The SMILES string of the molecule is CCOOC=CP(=O)(OCC)OCC. The van der Waals surface area contributed by atoms with Crippen LogP contribution in [-0.2, 0) is 23.4 Å². The maximum atomic E-state index is 11.7. The van der Waals surface area contributed by atoms with E-state index >= 15 is 0 Å². The van der Waals surface area contributed by atoms with Crippen LogP contribution in [0.4, 0.5) is 0 Å². The third-order valence-corrected chi connectivity index (χ3v) is 2.83. The van der Waals surface area contributed by atoms with E-state index in [4.69, 9.17) is 9.05 Å². The molecule has 5 nitrogen and oxygen atoms in total. The molecule has 0 saturated carbocycles. The second kappa shape index (κ2) is 8.00. The number of hydrogen-bond acceptors (Lipinski definition) is 5. The first-order valence-corrected chi connectivity index (χ1v) is 6.14. The molecule has 0 unspecified atom stereocenters. The summed E-state index contributed by atoms with van der Waals surface area (Å²) in [5.41, 5.74) is 0. The van der Waals surface area contributed by atoms with Crippen molar-refractivity contribution in [1.82, 2.24) is 0 Å². The summed E-state index contributed by atoms with van der Waals surface area (Å²) in [5.74, 6) is 1.23. The summed E-state index contributed by atoms with van der Waals surface area (Å²) in [6, 6.07) is 0. The highest BCUT2D eigenvalue weighted by Gasteiger charge is 2.19. The van der Waals surface area contributed by atoms with Crippen LogP contribution >= 0.6 is 7.60 Å². The van der Waals surface area contributed by atoms with Gasteiger partial charge in [-0.2, -0.15) is 4.89 Å². The first-order valence-electron chi connectivity index (χ1n) is 4.53. The van der Waals surface area contributed by atoms with E-state index in [0.29, 0.717) is 19.8 Å². The highest BCUT2D eigenvalue weighted by atomic mass is 31.2. The minimum absolute atomic E-state index is 0.316. The highest BCUT2D eigenvalue weighted by molar-refractivity contribution is 7.57. The predicted molar refractivity (Wildman–Crippen MR) is 52.7 cm³/mol. The van der Waals surface area contributed by atoms with E-state index in [2.05, 4.69) is 9.78 Å². The summed E-state index contributed by atoms with van der Waals surface area (Å²) in [4.78, 5) is 9.12. The molecule has 0 saturated heterocycles. The van der Waals surface area contributed by atoms with E-state index in [1.807, 2.05) is 0 Å². The van der Waals surface area contributed by atoms with Crippen molar-refractivity contribution in [3.8, 4) is 0 Å². The van der Waals surface area contributed by atoms with Crippen molar-refractivity contribution in [3.05, 3.63) is 12.1 Å². The van der Waals surface area contributed by atoms with E-state index < -0.39 is 7.60 Å². The van der Waals surface area contributed by atoms with Crippen molar-refractivity contribution >= 4 is 7.60 Å². The average molecular weight is 224 g/mol. The van der Waals surface area contributed by atoms with Crippen LogP contribution in [0.5, 0.6) is 0 Å². The van der Waals surface area contributed by atoms with Gasteiger partial charge in [-0.25, -0.2) is 0 Å². The quantitative estimate of drug-likeness (QED) is 0.208. The van der Waals surface area contributed by atoms with Gasteiger partial charge in [0.1, 0.15) is 6.26 Å². The Bertz CT molecular complexity index is 194. The lowest BCUT2D eigenvalue weighted by Gasteiger charge is -2.11. The first kappa shape index (κ1) is 13.7. The summed E-state index contributed by atoms with van der Waals surface area (Å²) in [6.45, 7) is 6.30. The van der Waals surface area contributed by atoms with E-state index in [9.17, 15) is 4.57 Å². The molecule has 0 N–H and O–H groups in total. The molecule has 0 bridgehead atoms. The Hall–Kier alpha value is -0.350. The van der Waals surface area contributed by atoms with Crippen LogP contribution in [0.25, 0.3) is 0 Å². The van der Waals surface area contributed by atoms with Crippen molar-refractivity contribution in [2.75, 3.05) is 19.8 Å². The Morgan fingerprint density at radius 2 is 1.64 bits per heavy atom. The summed E-state index contributed by atoms with van der Waals surface area (Å²) in [7, 11) is -3.15. The molecule has 0 aromatic heterocycles. The maximum absolute atomic E-state index is 11.7. The van der Waals surface area contributed by atoms with E-state index in [1.54, 1.807) is 20.8 Å². The van der Waals surface area contributed by atoms with Gasteiger partial charge in [-0.05, 0) is 20.8 Å². The fourth-order valence-electron chi connectivity index (χ4n) is 0.690. The van der Waals surface area contributed by atoms with Crippen LogP contribution in [0.1, 0.15) is 20.8 Å². The number of rotatable bonds is 8. The maximum Gasteiger partial charge on any atom is 0.357 e. The zero-order valence-corrected chi connectivity index (χ0v) is 9.66. The minimum Gasteiger partial charge on any atom is -0.345 e. The lowest BCUT2D eigenvalue weighted by atomic mass is 10.9. The van der Waals surface area contributed by atoms with Gasteiger partial charge in [-0.3, -0.25) is 4.57 Å². The molecular formula is C8H17O5P. The molecule has 0 aromatic carbocycles. The standard InChI is InChI=1S/C8H17O5P/c1-4-10-11-7-8-14(9,12-5-2)13-6-3/h7-8H,4-6H2,1-3H3. The Morgan fingerprint density at radius 1 is 1.07 bits per heavy atom. The third kappa shape index (κ3) is 6.16. The van der Waals surface area contributed by atoms with Crippen LogP contribution in [0.3, 0.4) is 0 Å². The lowest BCUT2D eigenvalue weighted by Crippen LogP contribution is -1.93. The van der Waals surface area contributed by atoms with Crippen molar-refractivity contribution in [2.24, 2.45) is 0 Å². The summed E-state index contributed by atoms with van der Waals surface area (Å²) < 4.78 is 21.6. The van der Waals surface area contributed by atoms with Gasteiger partial charge in [0, 0.05) is 0 Å². The van der Waals surface area contributed by atoms with E-state index in [0.717, 1.165) is 6.26 Å². The normalized spacial score (nSPS) is 12.2. The predicted octanol–water partition coefficient (Wildman–Crippen LogP) is 2.69. The average Bonchev–Trinajstić information content (AvgIpc) is 2.13. The molecule has 0 amide bonds.